The Morgan fingerprint density at radius 2 is 2.05 bits per heavy atom. The topological polar surface area (TPSA) is 87.3 Å². The highest BCUT2D eigenvalue weighted by Crippen LogP contribution is 2.21. The second-order valence-corrected chi connectivity index (χ2v) is 7.04. The van der Waals surface area contributed by atoms with Crippen LogP contribution in [-0.2, 0) is 21.3 Å². The lowest BCUT2D eigenvalue weighted by atomic mass is 10.2. The van der Waals surface area contributed by atoms with Crippen LogP contribution in [0.1, 0.15) is 25.1 Å². The molecule has 0 aromatic carbocycles. The first-order valence-corrected chi connectivity index (χ1v) is 8.22. The first-order chi connectivity index (χ1) is 9.43. The van der Waals surface area contributed by atoms with Crippen molar-refractivity contribution < 1.29 is 13.2 Å². The molecule has 2 rings (SSSR count). The summed E-state index contributed by atoms with van der Waals surface area (Å²) in [7, 11) is -3.55. The lowest BCUT2D eigenvalue weighted by molar-refractivity contribution is 0.0729. The van der Waals surface area contributed by atoms with Gasteiger partial charge in [0.1, 0.15) is 0 Å². The Kier molecular flexibility index (Phi) is 4.79. The minimum atomic E-state index is -3.55. The summed E-state index contributed by atoms with van der Waals surface area (Å²) in [5, 5.41) is 10.2. The van der Waals surface area contributed by atoms with Crippen LogP contribution in [0.2, 0.25) is 0 Å². The number of hydrogen-bond acceptors (Lipinski definition) is 5. The molecule has 0 saturated carbocycles. The van der Waals surface area contributed by atoms with Crippen LogP contribution < -0.4 is 5.32 Å². The highest BCUT2D eigenvalue weighted by molar-refractivity contribution is 7.89. The Hall–Kier alpha value is -0.960. The summed E-state index contributed by atoms with van der Waals surface area (Å²) in [6.45, 7) is 7.99. The monoisotopic (exact) mass is 302 g/mol. The van der Waals surface area contributed by atoms with E-state index < -0.39 is 10.0 Å². The molecule has 0 bridgehead atoms. The van der Waals surface area contributed by atoms with Gasteiger partial charge in [0, 0.05) is 36.9 Å². The SMILES string of the molecule is Cc1[nH]nc(S(=O)(=O)N2CCOCC2)c1CNC(C)C. The number of H-pyrrole nitrogens is 1. The summed E-state index contributed by atoms with van der Waals surface area (Å²) in [6, 6.07) is 0.281. The van der Waals surface area contributed by atoms with Crippen molar-refractivity contribution in [3.8, 4) is 0 Å². The van der Waals surface area contributed by atoms with E-state index in [0.717, 1.165) is 5.69 Å². The number of hydrogen-bond donors (Lipinski definition) is 2. The summed E-state index contributed by atoms with van der Waals surface area (Å²) < 4.78 is 31.9. The van der Waals surface area contributed by atoms with Crippen molar-refractivity contribution in [1.29, 1.82) is 0 Å². The normalized spacial score (nSPS) is 17.8. The molecule has 114 valence electrons. The molecule has 0 unspecified atom stereocenters. The number of sulfonamides is 1. The van der Waals surface area contributed by atoms with Crippen molar-refractivity contribution in [2.45, 2.75) is 38.4 Å². The molecule has 0 radical (unpaired) electrons. The zero-order valence-corrected chi connectivity index (χ0v) is 13.0. The Morgan fingerprint density at radius 3 is 2.65 bits per heavy atom. The maximum absolute atomic E-state index is 12.6. The van der Waals surface area contributed by atoms with Crippen LogP contribution in [0.15, 0.2) is 5.03 Å². The number of nitrogens with zero attached hydrogens (tertiary/aromatic N) is 2. The molecule has 0 amide bonds. The quantitative estimate of drug-likeness (QED) is 0.813. The number of aromatic amines is 1. The zero-order chi connectivity index (χ0) is 14.8. The van der Waals surface area contributed by atoms with Gasteiger partial charge in [-0.15, -0.1) is 0 Å². The molecule has 2 N–H and O–H groups in total. The molecule has 1 aliphatic rings. The van der Waals surface area contributed by atoms with E-state index in [0.29, 0.717) is 38.4 Å². The summed E-state index contributed by atoms with van der Waals surface area (Å²) in [4.78, 5) is 0. The first kappa shape index (κ1) is 15.4. The van der Waals surface area contributed by atoms with Crippen molar-refractivity contribution in [3.63, 3.8) is 0 Å². The molecule has 0 atom stereocenters. The number of ether oxygens (including phenoxy) is 1. The average molecular weight is 302 g/mol. The lowest BCUT2D eigenvalue weighted by Crippen LogP contribution is -2.41. The van der Waals surface area contributed by atoms with Gasteiger partial charge in [-0.3, -0.25) is 5.10 Å². The molecule has 1 aliphatic heterocycles. The van der Waals surface area contributed by atoms with Crippen LogP contribution in [0.25, 0.3) is 0 Å². The Balaban J connectivity index is 2.27. The molecule has 1 fully saturated rings. The van der Waals surface area contributed by atoms with Gasteiger partial charge < -0.3 is 10.1 Å². The smallest absolute Gasteiger partial charge is 0.262 e. The van der Waals surface area contributed by atoms with E-state index in [2.05, 4.69) is 15.5 Å². The second kappa shape index (κ2) is 6.21. The van der Waals surface area contributed by atoms with Gasteiger partial charge in [-0.25, -0.2) is 8.42 Å². The fourth-order valence-corrected chi connectivity index (χ4v) is 3.64. The summed E-state index contributed by atoms with van der Waals surface area (Å²) >= 11 is 0. The minimum absolute atomic E-state index is 0.130. The molecule has 8 heteroatoms. The van der Waals surface area contributed by atoms with E-state index >= 15 is 0 Å². The highest BCUT2D eigenvalue weighted by Gasteiger charge is 2.31. The number of nitrogens with one attached hydrogen (secondary N) is 2. The van der Waals surface area contributed by atoms with Crippen molar-refractivity contribution >= 4 is 10.0 Å². The average Bonchev–Trinajstić information content (AvgIpc) is 2.79. The van der Waals surface area contributed by atoms with Gasteiger partial charge in [0.25, 0.3) is 10.0 Å². The molecule has 0 spiro atoms. The van der Waals surface area contributed by atoms with Gasteiger partial charge in [-0.1, -0.05) is 13.8 Å². The Bertz CT molecular complexity index is 547. The zero-order valence-electron chi connectivity index (χ0n) is 12.1. The van der Waals surface area contributed by atoms with Crippen LogP contribution in [0.5, 0.6) is 0 Å². The van der Waals surface area contributed by atoms with E-state index in [4.69, 9.17) is 4.74 Å². The lowest BCUT2D eigenvalue weighted by Gasteiger charge is -2.25. The van der Waals surface area contributed by atoms with Gasteiger partial charge in [-0.05, 0) is 6.92 Å². The fourth-order valence-electron chi connectivity index (χ4n) is 2.07. The molecule has 0 aliphatic carbocycles. The molecule has 7 nitrogen and oxygen atoms in total. The summed E-state index contributed by atoms with van der Waals surface area (Å²) in [6.07, 6.45) is 0. The maximum Gasteiger partial charge on any atom is 0.262 e. The number of aromatic nitrogens is 2. The van der Waals surface area contributed by atoms with Gasteiger partial charge in [0.05, 0.1) is 13.2 Å². The Labute approximate surface area is 119 Å². The van der Waals surface area contributed by atoms with Crippen molar-refractivity contribution in [3.05, 3.63) is 11.3 Å². The van der Waals surface area contributed by atoms with Crippen LogP contribution in [0.3, 0.4) is 0 Å². The van der Waals surface area contributed by atoms with Gasteiger partial charge >= 0.3 is 0 Å². The third kappa shape index (κ3) is 3.20. The van der Waals surface area contributed by atoms with E-state index in [-0.39, 0.29) is 11.1 Å². The van der Waals surface area contributed by atoms with Crippen molar-refractivity contribution in [2.24, 2.45) is 0 Å². The highest BCUT2D eigenvalue weighted by atomic mass is 32.2. The maximum atomic E-state index is 12.6. The van der Waals surface area contributed by atoms with Gasteiger partial charge in [0.2, 0.25) is 0 Å². The number of aryl methyl sites for hydroxylation is 1. The molecule has 20 heavy (non-hydrogen) atoms. The standard InChI is InChI=1S/C12H22N4O3S/c1-9(2)13-8-11-10(3)14-15-12(11)20(17,18)16-4-6-19-7-5-16/h9,13H,4-8H2,1-3H3,(H,14,15). The number of morpholine rings is 1. The molecule has 2 heterocycles. The third-order valence-corrected chi connectivity index (χ3v) is 5.15. The Morgan fingerprint density at radius 1 is 1.40 bits per heavy atom. The minimum Gasteiger partial charge on any atom is -0.379 e. The predicted molar refractivity (Wildman–Crippen MR) is 74.9 cm³/mol. The van der Waals surface area contributed by atoms with E-state index in [1.165, 1.54) is 4.31 Å². The molecular weight excluding hydrogens is 280 g/mol. The van der Waals surface area contributed by atoms with Gasteiger partial charge in [-0.2, -0.15) is 9.40 Å². The van der Waals surface area contributed by atoms with Crippen LogP contribution >= 0.6 is 0 Å². The third-order valence-electron chi connectivity index (χ3n) is 3.28. The largest absolute Gasteiger partial charge is 0.379 e. The second-order valence-electron chi connectivity index (χ2n) is 5.18. The van der Waals surface area contributed by atoms with Gasteiger partial charge in [0.15, 0.2) is 5.03 Å². The van der Waals surface area contributed by atoms with E-state index in [1.807, 2.05) is 20.8 Å². The van der Waals surface area contributed by atoms with Crippen LogP contribution in [0.4, 0.5) is 0 Å². The first-order valence-electron chi connectivity index (χ1n) is 6.78. The van der Waals surface area contributed by atoms with E-state index in [9.17, 15) is 8.42 Å². The predicted octanol–water partition coefficient (Wildman–Crippen LogP) is 0.237. The van der Waals surface area contributed by atoms with E-state index in [1.54, 1.807) is 0 Å². The number of rotatable bonds is 5. The van der Waals surface area contributed by atoms with Crippen molar-refractivity contribution in [1.82, 2.24) is 19.8 Å². The summed E-state index contributed by atoms with van der Waals surface area (Å²) in [5.74, 6) is 0. The molecular formula is C12H22N4O3S. The van der Waals surface area contributed by atoms with Crippen LogP contribution in [-0.4, -0.2) is 55.3 Å². The van der Waals surface area contributed by atoms with Crippen LogP contribution in [0, 0.1) is 6.92 Å². The summed E-state index contributed by atoms with van der Waals surface area (Å²) in [5.41, 5.74) is 1.50. The fraction of sp³-hybridized carbons (Fsp3) is 0.750. The molecule has 1 saturated heterocycles. The van der Waals surface area contributed by atoms with Crippen molar-refractivity contribution in [2.75, 3.05) is 26.3 Å². The molecule has 1 aromatic heterocycles. The molecule has 1 aromatic rings.